The summed E-state index contributed by atoms with van der Waals surface area (Å²) >= 11 is 7.10. The van der Waals surface area contributed by atoms with Gasteiger partial charge in [-0.3, -0.25) is 0 Å². The van der Waals surface area contributed by atoms with Crippen LogP contribution >= 0.6 is 31.9 Å². The number of hydrogen-bond acceptors (Lipinski definition) is 1. The molecule has 3 unspecified atom stereocenters. The lowest BCUT2D eigenvalue weighted by atomic mass is 9.73. The maximum atomic E-state index is 6.53. The van der Waals surface area contributed by atoms with E-state index in [2.05, 4.69) is 57.0 Å². The zero-order chi connectivity index (χ0) is 13.1. The minimum atomic E-state index is 0.170. The number of hydrogen-bond donors (Lipinski definition) is 1. The molecule has 1 nitrogen and oxygen atoms in total. The van der Waals surface area contributed by atoms with Crippen molar-refractivity contribution in [2.24, 2.45) is 17.6 Å². The molecule has 1 fully saturated rings. The van der Waals surface area contributed by atoms with Crippen molar-refractivity contribution in [2.45, 2.75) is 45.1 Å². The molecule has 3 heteroatoms. The number of halogens is 2. The molecule has 0 saturated heterocycles. The van der Waals surface area contributed by atoms with Gasteiger partial charge in [0.2, 0.25) is 0 Å². The highest BCUT2D eigenvalue weighted by atomic mass is 79.9. The van der Waals surface area contributed by atoms with Gasteiger partial charge < -0.3 is 5.73 Å². The Hall–Kier alpha value is 0.140. The van der Waals surface area contributed by atoms with Crippen LogP contribution in [-0.4, -0.2) is 0 Å². The molecule has 0 spiro atoms. The van der Waals surface area contributed by atoms with Gasteiger partial charge in [-0.05, 0) is 42.0 Å². The molecule has 18 heavy (non-hydrogen) atoms. The minimum absolute atomic E-state index is 0.170. The molecule has 0 amide bonds. The van der Waals surface area contributed by atoms with Crippen molar-refractivity contribution in [3.8, 4) is 0 Å². The molecular weight excluding hydrogens is 354 g/mol. The lowest BCUT2D eigenvalue weighted by Gasteiger charge is -2.35. The van der Waals surface area contributed by atoms with Crippen LogP contribution < -0.4 is 5.73 Å². The van der Waals surface area contributed by atoms with Crippen LogP contribution in [0.15, 0.2) is 27.1 Å². The van der Waals surface area contributed by atoms with Crippen LogP contribution in [0, 0.1) is 11.8 Å². The molecule has 1 aromatic carbocycles. The SMILES string of the molecule is CCC1CCCCC1C(N)c1cc(Br)cc(Br)c1. The summed E-state index contributed by atoms with van der Waals surface area (Å²) in [7, 11) is 0. The van der Waals surface area contributed by atoms with Gasteiger partial charge in [0.15, 0.2) is 0 Å². The van der Waals surface area contributed by atoms with Crippen molar-refractivity contribution in [3.63, 3.8) is 0 Å². The van der Waals surface area contributed by atoms with Gasteiger partial charge in [-0.2, -0.15) is 0 Å². The van der Waals surface area contributed by atoms with E-state index in [4.69, 9.17) is 5.73 Å². The molecule has 3 atom stereocenters. The van der Waals surface area contributed by atoms with Gasteiger partial charge in [-0.25, -0.2) is 0 Å². The second kappa shape index (κ2) is 6.53. The van der Waals surface area contributed by atoms with E-state index in [-0.39, 0.29) is 6.04 Å². The standard InChI is InChI=1S/C15H21Br2N/c1-2-10-5-3-4-6-14(10)15(18)11-7-12(16)9-13(17)8-11/h7-10,14-15H,2-6,18H2,1H3. The summed E-state index contributed by atoms with van der Waals surface area (Å²) in [6.45, 7) is 2.30. The van der Waals surface area contributed by atoms with Gasteiger partial charge in [0.25, 0.3) is 0 Å². The molecule has 0 aromatic heterocycles. The van der Waals surface area contributed by atoms with Crippen molar-refractivity contribution >= 4 is 31.9 Å². The van der Waals surface area contributed by atoms with E-state index >= 15 is 0 Å². The molecule has 0 aliphatic heterocycles. The average Bonchev–Trinajstić information content (AvgIpc) is 2.36. The van der Waals surface area contributed by atoms with Gasteiger partial charge in [0.1, 0.15) is 0 Å². The molecule has 1 aliphatic rings. The lowest BCUT2D eigenvalue weighted by Crippen LogP contribution is -2.30. The van der Waals surface area contributed by atoms with E-state index in [0.717, 1.165) is 14.9 Å². The molecule has 1 aliphatic carbocycles. The van der Waals surface area contributed by atoms with Gasteiger partial charge >= 0.3 is 0 Å². The molecule has 1 aromatic rings. The normalized spacial score (nSPS) is 26.0. The van der Waals surface area contributed by atoms with Crippen LogP contribution in [0.4, 0.5) is 0 Å². The van der Waals surface area contributed by atoms with Crippen LogP contribution in [0.2, 0.25) is 0 Å². The zero-order valence-corrected chi connectivity index (χ0v) is 14.0. The zero-order valence-electron chi connectivity index (χ0n) is 10.8. The van der Waals surface area contributed by atoms with E-state index in [1.165, 1.54) is 37.7 Å². The Morgan fingerprint density at radius 1 is 1.17 bits per heavy atom. The molecule has 0 bridgehead atoms. The first-order chi connectivity index (χ1) is 8.61. The quantitative estimate of drug-likeness (QED) is 0.750. The molecule has 2 rings (SSSR count). The highest BCUT2D eigenvalue weighted by Crippen LogP contribution is 2.40. The van der Waals surface area contributed by atoms with Crippen molar-refractivity contribution in [1.82, 2.24) is 0 Å². The van der Waals surface area contributed by atoms with Crippen molar-refractivity contribution in [3.05, 3.63) is 32.7 Å². The molecular formula is C15H21Br2N. The maximum absolute atomic E-state index is 6.53. The fourth-order valence-electron chi connectivity index (χ4n) is 3.23. The first-order valence-electron chi connectivity index (χ1n) is 6.83. The second-order valence-electron chi connectivity index (χ2n) is 5.35. The minimum Gasteiger partial charge on any atom is -0.324 e. The number of nitrogens with two attached hydrogens (primary N) is 1. The summed E-state index contributed by atoms with van der Waals surface area (Å²) < 4.78 is 2.21. The van der Waals surface area contributed by atoms with E-state index in [1.807, 2.05) is 0 Å². The summed E-state index contributed by atoms with van der Waals surface area (Å²) in [4.78, 5) is 0. The second-order valence-corrected chi connectivity index (χ2v) is 7.18. The first-order valence-corrected chi connectivity index (χ1v) is 8.42. The van der Waals surface area contributed by atoms with Gasteiger partial charge in [-0.1, -0.05) is 64.5 Å². The Balaban J connectivity index is 2.20. The fraction of sp³-hybridized carbons (Fsp3) is 0.600. The van der Waals surface area contributed by atoms with Crippen molar-refractivity contribution < 1.29 is 0 Å². The third-order valence-corrected chi connectivity index (χ3v) is 5.14. The van der Waals surface area contributed by atoms with Crippen LogP contribution in [0.25, 0.3) is 0 Å². The third-order valence-electron chi connectivity index (χ3n) is 4.22. The molecule has 0 heterocycles. The van der Waals surface area contributed by atoms with Gasteiger partial charge in [0, 0.05) is 15.0 Å². The molecule has 1 saturated carbocycles. The number of benzene rings is 1. The van der Waals surface area contributed by atoms with E-state index in [9.17, 15) is 0 Å². The first kappa shape index (κ1) is 14.5. The van der Waals surface area contributed by atoms with Crippen LogP contribution in [0.1, 0.15) is 50.6 Å². The summed E-state index contributed by atoms with van der Waals surface area (Å²) in [5.74, 6) is 1.44. The fourth-order valence-corrected chi connectivity index (χ4v) is 4.56. The molecule has 0 radical (unpaired) electrons. The molecule has 100 valence electrons. The Bertz CT molecular complexity index is 385. The Kier molecular flexibility index (Phi) is 5.28. The van der Waals surface area contributed by atoms with Crippen LogP contribution in [-0.2, 0) is 0 Å². The topological polar surface area (TPSA) is 26.0 Å². The number of rotatable bonds is 3. The van der Waals surface area contributed by atoms with Crippen LogP contribution in [0.5, 0.6) is 0 Å². The highest BCUT2D eigenvalue weighted by molar-refractivity contribution is 9.11. The summed E-state index contributed by atoms with van der Waals surface area (Å²) in [5, 5.41) is 0. The largest absolute Gasteiger partial charge is 0.324 e. The monoisotopic (exact) mass is 373 g/mol. The molecule has 2 N–H and O–H groups in total. The summed E-state index contributed by atoms with van der Waals surface area (Å²) in [6.07, 6.45) is 6.61. The summed E-state index contributed by atoms with van der Waals surface area (Å²) in [5.41, 5.74) is 7.78. The Morgan fingerprint density at radius 3 is 2.39 bits per heavy atom. The van der Waals surface area contributed by atoms with E-state index in [0.29, 0.717) is 5.92 Å². The van der Waals surface area contributed by atoms with Crippen molar-refractivity contribution in [2.75, 3.05) is 0 Å². The van der Waals surface area contributed by atoms with Crippen molar-refractivity contribution in [1.29, 1.82) is 0 Å². The predicted octanol–water partition coefficient (Wildman–Crippen LogP) is 5.43. The summed E-state index contributed by atoms with van der Waals surface area (Å²) in [6, 6.07) is 6.56. The van der Waals surface area contributed by atoms with E-state index in [1.54, 1.807) is 0 Å². The Labute approximate surface area is 127 Å². The van der Waals surface area contributed by atoms with Gasteiger partial charge in [-0.15, -0.1) is 0 Å². The Morgan fingerprint density at radius 2 is 1.78 bits per heavy atom. The predicted molar refractivity (Wildman–Crippen MR) is 84.5 cm³/mol. The smallest absolute Gasteiger partial charge is 0.0326 e. The lowest BCUT2D eigenvalue weighted by molar-refractivity contribution is 0.196. The van der Waals surface area contributed by atoms with Crippen LogP contribution in [0.3, 0.4) is 0 Å². The van der Waals surface area contributed by atoms with Gasteiger partial charge in [0.05, 0.1) is 0 Å². The maximum Gasteiger partial charge on any atom is 0.0326 e. The highest BCUT2D eigenvalue weighted by Gasteiger charge is 2.29. The van der Waals surface area contributed by atoms with E-state index < -0.39 is 0 Å². The third kappa shape index (κ3) is 3.37. The average molecular weight is 375 g/mol.